The van der Waals surface area contributed by atoms with Gasteiger partial charge in [0.25, 0.3) is 11.8 Å². The highest BCUT2D eigenvalue weighted by Gasteiger charge is 2.26. The third-order valence-electron chi connectivity index (χ3n) is 5.25. The number of rotatable bonds is 7. The van der Waals surface area contributed by atoms with Crippen LogP contribution in [0.25, 0.3) is 0 Å². The minimum absolute atomic E-state index is 0.00202. The predicted molar refractivity (Wildman–Crippen MR) is 119 cm³/mol. The number of ether oxygens (including phenoxy) is 3. The van der Waals surface area contributed by atoms with Gasteiger partial charge in [0.15, 0.2) is 23.9 Å². The van der Waals surface area contributed by atoms with Crippen LogP contribution in [0, 0.1) is 0 Å². The van der Waals surface area contributed by atoms with Gasteiger partial charge in [0, 0.05) is 24.4 Å². The molecule has 3 aromatic rings. The molecule has 170 valence electrons. The van der Waals surface area contributed by atoms with Crippen LogP contribution in [0.3, 0.4) is 0 Å². The molecular formula is C24H22N2O7. The first kappa shape index (κ1) is 21.9. The first-order valence-electron chi connectivity index (χ1n) is 10.2. The normalized spacial score (nSPS) is 12.1. The number of benzene rings is 2. The fourth-order valence-corrected chi connectivity index (χ4v) is 3.62. The highest BCUT2D eigenvalue weighted by Crippen LogP contribution is 2.34. The second-order valence-corrected chi connectivity index (χ2v) is 7.18. The summed E-state index contributed by atoms with van der Waals surface area (Å²) in [6, 6.07) is 13.5. The van der Waals surface area contributed by atoms with Crippen molar-refractivity contribution in [3.63, 3.8) is 0 Å². The van der Waals surface area contributed by atoms with Crippen molar-refractivity contribution in [3.05, 3.63) is 71.7 Å². The molecule has 0 fully saturated rings. The Bertz CT molecular complexity index is 1190. The highest BCUT2D eigenvalue weighted by atomic mass is 16.5. The summed E-state index contributed by atoms with van der Waals surface area (Å²) in [4.78, 5) is 39.7. The van der Waals surface area contributed by atoms with Gasteiger partial charge in [0.05, 0.1) is 31.7 Å². The maximum atomic E-state index is 12.9. The van der Waals surface area contributed by atoms with E-state index in [4.69, 9.17) is 18.6 Å². The number of anilines is 2. The van der Waals surface area contributed by atoms with Crippen molar-refractivity contribution in [2.75, 3.05) is 37.6 Å². The van der Waals surface area contributed by atoms with Crippen molar-refractivity contribution >= 4 is 29.2 Å². The van der Waals surface area contributed by atoms with Crippen LogP contribution in [0.1, 0.15) is 26.5 Å². The van der Waals surface area contributed by atoms with Gasteiger partial charge in [-0.1, -0.05) is 18.2 Å². The molecule has 0 saturated carbocycles. The van der Waals surface area contributed by atoms with Gasteiger partial charge >= 0.3 is 5.97 Å². The lowest BCUT2D eigenvalue weighted by Crippen LogP contribution is -2.33. The molecule has 0 aliphatic carbocycles. The van der Waals surface area contributed by atoms with E-state index in [-0.39, 0.29) is 28.7 Å². The number of amides is 2. The maximum Gasteiger partial charge on any atom is 0.340 e. The average Bonchev–Trinajstić information content (AvgIpc) is 3.52. The van der Waals surface area contributed by atoms with Crippen LogP contribution in [0.5, 0.6) is 11.5 Å². The molecule has 2 heterocycles. The number of para-hydroxylation sites is 1. The molecular weight excluding hydrogens is 428 g/mol. The Hall–Kier alpha value is -4.27. The number of nitrogens with zero attached hydrogens (tertiary/aromatic N) is 1. The van der Waals surface area contributed by atoms with Gasteiger partial charge in [-0.3, -0.25) is 9.59 Å². The Balaban J connectivity index is 1.53. The van der Waals surface area contributed by atoms with E-state index in [9.17, 15) is 14.4 Å². The largest absolute Gasteiger partial charge is 0.493 e. The zero-order valence-corrected chi connectivity index (χ0v) is 18.1. The molecule has 9 nitrogen and oxygen atoms in total. The fourth-order valence-electron chi connectivity index (χ4n) is 3.62. The van der Waals surface area contributed by atoms with E-state index in [1.54, 1.807) is 11.0 Å². The first-order chi connectivity index (χ1) is 16.0. The van der Waals surface area contributed by atoms with E-state index in [1.807, 2.05) is 24.3 Å². The number of methoxy groups -OCH3 is 2. The van der Waals surface area contributed by atoms with Crippen LogP contribution in [-0.2, 0) is 16.0 Å². The van der Waals surface area contributed by atoms with Gasteiger partial charge in [-0.25, -0.2) is 4.79 Å². The fraction of sp³-hybridized carbons (Fsp3) is 0.208. The third-order valence-corrected chi connectivity index (χ3v) is 5.25. The van der Waals surface area contributed by atoms with Crippen LogP contribution in [0.4, 0.5) is 11.4 Å². The second-order valence-electron chi connectivity index (χ2n) is 7.18. The van der Waals surface area contributed by atoms with Gasteiger partial charge in [-0.15, -0.1) is 0 Å². The summed E-state index contributed by atoms with van der Waals surface area (Å²) in [5.41, 5.74) is 2.01. The molecule has 4 rings (SSSR count). The highest BCUT2D eigenvalue weighted by molar-refractivity contribution is 6.07. The average molecular weight is 450 g/mol. The molecule has 33 heavy (non-hydrogen) atoms. The zero-order valence-electron chi connectivity index (χ0n) is 18.1. The Kier molecular flexibility index (Phi) is 6.30. The lowest BCUT2D eigenvalue weighted by atomic mass is 10.1. The molecule has 0 bridgehead atoms. The van der Waals surface area contributed by atoms with Crippen molar-refractivity contribution in [2.24, 2.45) is 0 Å². The SMILES string of the molecule is COc1cc(NC(=O)c2ccco2)c(C(=O)OCC(=O)N2CCc3ccccc32)cc1OC. The number of hydrogen-bond donors (Lipinski definition) is 1. The first-order valence-corrected chi connectivity index (χ1v) is 10.2. The minimum Gasteiger partial charge on any atom is -0.493 e. The Morgan fingerprint density at radius 1 is 1.03 bits per heavy atom. The molecule has 9 heteroatoms. The van der Waals surface area contributed by atoms with Crippen LogP contribution in [0.15, 0.2) is 59.2 Å². The van der Waals surface area contributed by atoms with Crippen LogP contribution >= 0.6 is 0 Å². The Morgan fingerprint density at radius 2 is 1.79 bits per heavy atom. The molecule has 1 aliphatic heterocycles. The maximum absolute atomic E-state index is 12.9. The Labute approximate surface area is 189 Å². The standard InChI is InChI=1S/C24H22N2O7/c1-30-20-12-16(17(13-21(20)31-2)25-23(28)19-8-5-11-32-19)24(29)33-14-22(27)26-10-9-15-6-3-4-7-18(15)26/h3-8,11-13H,9-10,14H2,1-2H3,(H,25,28). The number of furan rings is 1. The smallest absolute Gasteiger partial charge is 0.340 e. The molecule has 2 aromatic carbocycles. The number of fused-ring (bicyclic) bond motifs is 1. The van der Waals surface area contributed by atoms with Crippen LogP contribution in [-0.4, -0.2) is 45.2 Å². The molecule has 0 spiro atoms. The number of esters is 1. The number of carbonyl (C=O) groups is 3. The quantitative estimate of drug-likeness (QED) is 0.551. The molecule has 1 aliphatic rings. The van der Waals surface area contributed by atoms with Crippen molar-refractivity contribution in [1.82, 2.24) is 0 Å². The number of carbonyl (C=O) groups excluding carboxylic acids is 3. The lowest BCUT2D eigenvalue weighted by molar-refractivity contribution is -0.121. The topological polar surface area (TPSA) is 107 Å². The van der Waals surface area contributed by atoms with E-state index in [0.717, 1.165) is 17.7 Å². The summed E-state index contributed by atoms with van der Waals surface area (Å²) in [5, 5.41) is 2.61. The van der Waals surface area contributed by atoms with E-state index < -0.39 is 18.5 Å². The minimum atomic E-state index is -0.800. The molecule has 0 atom stereocenters. The summed E-state index contributed by atoms with van der Waals surface area (Å²) >= 11 is 0. The van der Waals surface area contributed by atoms with Crippen molar-refractivity contribution in [1.29, 1.82) is 0 Å². The zero-order chi connectivity index (χ0) is 23.4. The number of hydrogen-bond acceptors (Lipinski definition) is 7. The van der Waals surface area contributed by atoms with E-state index >= 15 is 0 Å². The predicted octanol–water partition coefficient (Wildman–Crippen LogP) is 3.30. The van der Waals surface area contributed by atoms with Crippen molar-refractivity contribution < 1.29 is 33.0 Å². The second kappa shape index (κ2) is 9.47. The van der Waals surface area contributed by atoms with Crippen LogP contribution < -0.4 is 19.7 Å². The Morgan fingerprint density at radius 3 is 2.52 bits per heavy atom. The van der Waals surface area contributed by atoms with Gasteiger partial charge in [0.2, 0.25) is 0 Å². The molecule has 0 radical (unpaired) electrons. The van der Waals surface area contributed by atoms with E-state index in [0.29, 0.717) is 12.3 Å². The van der Waals surface area contributed by atoms with Gasteiger partial charge < -0.3 is 28.8 Å². The van der Waals surface area contributed by atoms with Gasteiger partial charge in [-0.05, 0) is 30.2 Å². The third kappa shape index (κ3) is 4.52. The van der Waals surface area contributed by atoms with Crippen LogP contribution in [0.2, 0.25) is 0 Å². The summed E-state index contributed by atoms with van der Waals surface area (Å²) in [5.74, 6) is -1.08. The van der Waals surface area contributed by atoms with Gasteiger partial charge in [0.1, 0.15) is 0 Å². The summed E-state index contributed by atoms with van der Waals surface area (Å²) in [6.07, 6.45) is 2.11. The molecule has 1 N–H and O–H groups in total. The number of nitrogens with one attached hydrogen (secondary N) is 1. The molecule has 2 amide bonds. The van der Waals surface area contributed by atoms with E-state index in [2.05, 4.69) is 5.32 Å². The lowest BCUT2D eigenvalue weighted by Gasteiger charge is -2.18. The van der Waals surface area contributed by atoms with E-state index in [1.165, 1.54) is 38.7 Å². The molecule has 0 unspecified atom stereocenters. The summed E-state index contributed by atoms with van der Waals surface area (Å²) in [6.45, 7) is 0.0730. The van der Waals surface area contributed by atoms with Gasteiger partial charge in [-0.2, -0.15) is 0 Å². The summed E-state index contributed by atoms with van der Waals surface area (Å²) < 4.78 is 20.9. The van der Waals surface area contributed by atoms with Crippen molar-refractivity contribution in [3.8, 4) is 11.5 Å². The summed E-state index contributed by atoms with van der Waals surface area (Å²) in [7, 11) is 2.85. The molecule has 1 aromatic heterocycles. The molecule has 0 saturated heterocycles. The monoisotopic (exact) mass is 450 g/mol. The van der Waals surface area contributed by atoms with Crippen molar-refractivity contribution in [2.45, 2.75) is 6.42 Å².